The molecule has 0 radical (unpaired) electrons. The molecular formula is C15H25N5O. The van der Waals surface area contributed by atoms with Crippen LogP contribution in [0.15, 0.2) is 6.33 Å². The van der Waals surface area contributed by atoms with Crippen LogP contribution in [0.4, 0.5) is 4.79 Å². The second-order valence-electron chi connectivity index (χ2n) is 6.25. The van der Waals surface area contributed by atoms with Gasteiger partial charge >= 0.3 is 6.03 Å². The van der Waals surface area contributed by atoms with Crippen molar-refractivity contribution in [2.24, 2.45) is 5.92 Å². The van der Waals surface area contributed by atoms with Crippen LogP contribution in [-0.4, -0.2) is 38.3 Å². The van der Waals surface area contributed by atoms with Crippen molar-refractivity contribution in [3.8, 4) is 0 Å². The summed E-state index contributed by atoms with van der Waals surface area (Å²) in [5.74, 6) is 1.55. The van der Waals surface area contributed by atoms with Gasteiger partial charge in [-0.05, 0) is 25.2 Å². The van der Waals surface area contributed by atoms with Gasteiger partial charge in [-0.15, -0.1) is 10.2 Å². The molecule has 0 saturated heterocycles. The van der Waals surface area contributed by atoms with Gasteiger partial charge in [-0.25, -0.2) is 4.79 Å². The Morgan fingerprint density at radius 3 is 3.00 bits per heavy atom. The number of rotatable bonds is 4. The molecule has 1 atom stereocenters. The number of amides is 2. The first kappa shape index (κ1) is 14.4. The molecule has 2 heterocycles. The number of urea groups is 1. The van der Waals surface area contributed by atoms with Crippen LogP contribution in [0.25, 0.3) is 0 Å². The predicted octanol–water partition coefficient (Wildman–Crippen LogP) is 2.16. The van der Waals surface area contributed by atoms with Crippen LogP contribution in [0, 0.1) is 5.92 Å². The van der Waals surface area contributed by atoms with Gasteiger partial charge in [0, 0.05) is 19.1 Å². The van der Waals surface area contributed by atoms with Gasteiger partial charge in [0.25, 0.3) is 0 Å². The maximum absolute atomic E-state index is 12.5. The smallest absolute Gasteiger partial charge is 0.318 e. The van der Waals surface area contributed by atoms with Crippen molar-refractivity contribution in [2.75, 3.05) is 6.54 Å². The van der Waals surface area contributed by atoms with Crippen molar-refractivity contribution in [1.82, 2.24) is 25.0 Å². The van der Waals surface area contributed by atoms with Crippen LogP contribution in [0.5, 0.6) is 0 Å². The molecule has 1 aliphatic carbocycles. The Hall–Kier alpha value is -1.59. The molecule has 3 rings (SSSR count). The Morgan fingerprint density at radius 1 is 1.43 bits per heavy atom. The SMILES string of the molecule is CCCC(NC(=O)N1CCn2cnnc2C1)C1CCCC1. The lowest BCUT2D eigenvalue weighted by Crippen LogP contribution is -2.49. The molecule has 6 nitrogen and oxygen atoms in total. The largest absolute Gasteiger partial charge is 0.335 e. The standard InChI is InChI=1S/C15H25N5O/c1-2-5-13(12-6-3-4-7-12)17-15(21)19-8-9-20-11-16-18-14(20)10-19/h11-13H,2-10H2,1H3,(H,17,21). The zero-order valence-electron chi connectivity index (χ0n) is 12.8. The molecular weight excluding hydrogens is 266 g/mol. The third kappa shape index (κ3) is 3.19. The first-order valence-electron chi connectivity index (χ1n) is 8.20. The molecule has 1 fully saturated rings. The molecule has 1 aromatic heterocycles. The second kappa shape index (κ2) is 6.45. The third-order valence-electron chi connectivity index (χ3n) is 4.80. The molecule has 116 valence electrons. The van der Waals surface area contributed by atoms with E-state index in [-0.39, 0.29) is 6.03 Å². The van der Waals surface area contributed by atoms with E-state index in [1.54, 1.807) is 6.33 Å². The van der Waals surface area contributed by atoms with E-state index in [4.69, 9.17) is 0 Å². The minimum absolute atomic E-state index is 0.0644. The van der Waals surface area contributed by atoms with E-state index in [0.717, 1.165) is 31.8 Å². The van der Waals surface area contributed by atoms with Crippen LogP contribution in [0.2, 0.25) is 0 Å². The Kier molecular flexibility index (Phi) is 4.41. The van der Waals surface area contributed by atoms with Crippen LogP contribution >= 0.6 is 0 Å². The number of carbonyl (C=O) groups is 1. The van der Waals surface area contributed by atoms with Gasteiger partial charge in [0.2, 0.25) is 0 Å². The minimum Gasteiger partial charge on any atom is -0.335 e. The highest BCUT2D eigenvalue weighted by atomic mass is 16.2. The van der Waals surface area contributed by atoms with Crippen LogP contribution in [0.3, 0.4) is 0 Å². The normalized spacial score (nSPS) is 20.3. The minimum atomic E-state index is 0.0644. The average Bonchev–Trinajstić information content (AvgIpc) is 3.17. The highest BCUT2D eigenvalue weighted by Crippen LogP contribution is 2.29. The molecule has 2 aliphatic rings. The first-order valence-corrected chi connectivity index (χ1v) is 8.20. The Bertz CT molecular complexity index is 480. The molecule has 0 spiro atoms. The van der Waals surface area contributed by atoms with Gasteiger partial charge in [-0.3, -0.25) is 0 Å². The summed E-state index contributed by atoms with van der Waals surface area (Å²) in [6.45, 7) is 4.28. The predicted molar refractivity (Wildman–Crippen MR) is 79.6 cm³/mol. The third-order valence-corrected chi connectivity index (χ3v) is 4.80. The van der Waals surface area contributed by atoms with Crippen LogP contribution in [0.1, 0.15) is 51.3 Å². The summed E-state index contributed by atoms with van der Waals surface area (Å²) in [6.07, 6.45) is 9.10. The Labute approximate surface area is 125 Å². The summed E-state index contributed by atoms with van der Waals surface area (Å²) in [7, 11) is 0. The van der Waals surface area contributed by atoms with Crippen molar-refractivity contribution >= 4 is 6.03 Å². The molecule has 1 aliphatic heterocycles. The molecule has 1 unspecified atom stereocenters. The molecule has 1 N–H and O–H groups in total. The van der Waals surface area contributed by atoms with E-state index in [9.17, 15) is 4.79 Å². The van der Waals surface area contributed by atoms with Crippen molar-refractivity contribution in [1.29, 1.82) is 0 Å². The maximum Gasteiger partial charge on any atom is 0.318 e. The highest BCUT2D eigenvalue weighted by Gasteiger charge is 2.28. The van der Waals surface area contributed by atoms with Gasteiger partial charge in [0.15, 0.2) is 5.82 Å². The number of fused-ring (bicyclic) bond motifs is 1. The number of nitrogens with one attached hydrogen (secondary N) is 1. The van der Waals surface area contributed by atoms with Crippen LogP contribution in [-0.2, 0) is 13.1 Å². The van der Waals surface area contributed by atoms with E-state index in [0.29, 0.717) is 18.5 Å². The fourth-order valence-electron chi connectivity index (χ4n) is 3.59. The van der Waals surface area contributed by atoms with Crippen molar-refractivity contribution in [2.45, 2.75) is 64.6 Å². The zero-order chi connectivity index (χ0) is 14.7. The fraction of sp³-hybridized carbons (Fsp3) is 0.800. The van der Waals surface area contributed by atoms with Gasteiger partial charge in [-0.2, -0.15) is 0 Å². The molecule has 21 heavy (non-hydrogen) atoms. The maximum atomic E-state index is 12.5. The fourth-order valence-corrected chi connectivity index (χ4v) is 3.59. The molecule has 0 aromatic carbocycles. The summed E-state index contributed by atoms with van der Waals surface area (Å²) < 4.78 is 2.02. The van der Waals surface area contributed by atoms with E-state index in [1.807, 2.05) is 9.47 Å². The Balaban J connectivity index is 1.59. The second-order valence-corrected chi connectivity index (χ2v) is 6.25. The monoisotopic (exact) mass is 291 g/mol. The summed E-state index contributed by atoms with van der Waals surface area (Å²) in [5.41, 5.74) is 0. The van der Waals surface area contributed by atoms with Crippen molar-refractivity contribution in [3.05, 3.63) is 12.2 Å². The number of hydrogen-bond acceptors (Lipinski definition) is 3. The zero-order valence-corrected chi connectivity index (χ0v) is 12.8. The topological polar surface area (TPSA) is 63.1 Å². The summed E-state index contributed by atoms with van der Waals surface area (Å²) in [6, 6.07) is 0.402. The lowest BCUT2D eigenvalue weighted by Gasteiger charge is -2.31. The van der Waals surface area contributed by atoms with Crippen molar-refractivity contribution in [3.63, 3.8) is 0 Å². The molecule has 1 saturated carbocycles. The summed E-state index contributed by atoms with van der Waals surface area (Å²) in [5, 5.41) is 11.3. The number of nitrogens with zero attached hydrogens (tertiary/aromatic N) is 4. The molecule has 0 bridgehead atoms. The molecule has 1 aromatic rings. The average molecular weight is 291 g/mol. The van der Waals surface area contributed by atoms with E-state index < -0.39 is 0 Å². The van der Waals surface area contributed by atoms with E-state index in [1.165, 1.54) is 25.7 Å². The lowest BCUT2D eigenvalue weighted by atomic mass is 9.94. The molecule has 6 heteroatoms. The van der Waals surface area contributed by atoms with Gasteiger partial charge in [0.1, 0.15) is 6.33 Å². The van der Waals surface area contributed by atoms with Gasteiger partial charge in [0.05, 0.1) is 6.54 Å². The lowest BCUT2D eigenvalue weighted by molar-refractivity contribution is 0.172. The van der Waals surface area contributed by atoms with Gasteiger partial charge < -0.3 is 14.8 Å². The number of aromatic nitrogens is 3. The summed E-state index contributed by atoms with van der Waals surface area (Å²) >= 11 is 0. The number of carbonyl (C=O) groups excluding carboxylic acids is 1. The van der Waals surface area contributed by atoms with E-state index >= 15 is 0 Å². The summed E-state index contributed by atoms with van der Waals surface area (Å²) in [4.78, 5) is 14.4. The number of hydrogen-bond donors (Lipinski definition) is 1. The van der Waals surface area contributed by atoms with Crippen LogP contribution < -0.4 is 5.32 Å². The van der Waals surface area contributed by atoms with Crippen molar-refractivity contribution < 1.29 is 4.79 Å². The quantitative estimate of drug-likeness (QED) is 0.924. The van der Waals surface area contributed by atoms with Gasteiger partial charge in [-0.1, -0.05) is 26.2 Å². The molecule has 2 amide bonds. The first-order chi connectivity index (χ1) is 10.3. The van der Waals surface area contributed by atoms with E-state index in [2.05, 4.69) is 22.4 Å². The Morgan fingerprint density at radius 2 is 2.24 bits per heavy atom. The highest BCUT2D eigenvalue weighted by molar-refractivity contribution is 5.74.